The Morgan fingerprint density at radius 1 is 0.500 bits per heavy atom. The van der Waals surface area contributed by atoms with Gasteiger partial charge in [-0.15, -0.1) is 0 Å². The first kappa shape index (κ1) is 22.0. The lowest BCUT2D eigenvalue weighted by Gasteiger charge is -2.07. The van der Waals surface area contributed by atoms with Gasteiger partial charge in [-0.1, -0.05) is 111 Å². The Balaban J connectivity index is 2.97. The molecular formula is C21H45N. The second kappa shape index (κ2) is 17.3. The van der Waals surface area contributed by atoms with E-state index in [0.717, 1.165) is 5.92 Å². The third kappa shape index (κ3) is 20.0. The molecule has 0 aromatic heterocycles. The predicted molar refractivity (Wildman–Crippen MR) is 103 cm³/mol. The molecule has 0 rings (SSSR count). The van der Waals surface area contributed by atoms with Gasteiger partial charge in [-0.25, -0.2) is 0 Å². The normalized spacial score (nSPS) is 11.7. The van der Waals surface area contributed by atoms with Gasteiger partial charge < -0.3 is 5.32 Å². The van der Waals surface area contributed by atoms with Crippen molar-refractivity contribution in [2.45, 2.75) is 124 Å². The summed E-state index contributed by atoms with van der Waals surface area (Å²) in [5.74, 6) is 0.895. The number of rotatable bonds is 17. The third-order valence-corrected chi connectivity index (χ3v) is 4.51. The zero-order valence-corrected chi connectivity index (χ0v) is 16.3. The van der Waals surface area contributed by atoms with Crippen molar-refractivity contribution in [3.05, 3.63) is 0 Å². The van der Waals surface area contributed by atoms with Gasteiger partial charge in [0, 0.05) is 6.04 Å². The Labute approximate surface area is 142 Å². The SMILES string of the molecule is CC(C)CCCCCCCCCCCCCCCNC(C)C. The quantitative estimate of drug-likeness (QED) is 0.282. The van der Waals surface area contributed by atoms with Crippen molar-refractivity contribution < 1.29 is 0 Å². The van der Waals surface area contributed by atoms with Crippen molar-refractivity contribution in [3.8, 4) is 0 Å². The molecule has 0 radical (unpaired) electrons. The molecule has 1 heteroatoms. The molecule has 0 aliphatic heterocycles. The first-order valence-corrected chi connectivity index (χ1v) is 10.4. The fourth-order valence-corrected chi connectivity index (χ4v) is 3.01. The highest BCUT2D eigenvalue weighted by molar-refractivity contribution is 4.54. The van der Waals surface area contributed by atoms with Gasteiger partial charge in [0.05, 0.1) is 0 Å². The Bertz CT molecular complexity index is 176. The molecule has 0 bridgehead atoms. The minimum atomic E-state index is 0.648. The maximum absolute atomic E-state index is 3.49. The molecule has 0 aliphatic rings. The van der Waals surface area contributed by atoms with Gasteiger partial charge in [0.25, 0.3) is 0 Å². The molecule has 0 amide bonds. The van der Waals surface area contributed by atoms with Gasteiger partial charge in [0.15, 0.2) is 0 Å². The Kier molecular flexibility index (Phi) is 17.3. The van der Waals surface area contributed by atoms with Crippen molar-refractivity contribution in [1.82, 2.24) is 5.32 Å². The minimum Gasteiger partial charge on any atom is -0.315 e. The summed E-state index contributed by atoms with van der Waals surface area (Å²) in [6.45, 7) is 10.3. The standard InChI is InChI=1S/C21H45N/c1-20(2)18-16-14-12-10-8-6-5-7-9-11-13-15-17-19-22-21(3)4/h20-22H,5-19H2,1-4H3. The highest BCUT2D eigenvalue weighted by Crippen LogP contribution is 2.14. The average molecular weight is 312 g/mol. The second-order valence-corrected chi connectivity index (χ2v) is 7.89. The topological polar surface area (TPSA) is 12.0 Å². The lowest BCUT2D eigenvalue weighted by Crippen LogP contribution is -2.23. The first-order valence-electron chi connectivity index (χ1n) is 10.4. The van der Waals surface area contributed by atoms with E-state index in [-0.39, 0.29) is 0 Å². The van der Waals surface area contributed by atoms with Gasteiger partial charge in [-0.3, -0.25) is 0 Å². The molecule has 0 fully saturated rings. The molecule has 1 N–H and O–H groups in total. The zero-order chi connectivity index (χ0) is 16.5. The van der Waals surface area contributed by atoms with Crippen molar-refractivity contribution >= 4 is 0 Å². The third-order valence-electron chi connectivity index (χ3n) is 4.51. The molecular weight excluding hydrogens is 266 g/mol. The van der Waals surface area contributed by atoms with Crippen LogP contribution in [0, 0.1) is 5.92 Å². The number of hydrogen-bond donors (Lipinski definition) is 1. The zero-order valence-electron chi connectivity index (χ0n) is 16.3. The van der Waals surface area contributed by atoms with Crippen LogP contribution in [0.2, 0.25) is 0 Å². The summed E-state index contributed by atoms with van der Waals surface area (Å²) < 4.78 is 0. The van der Waals surface area contributed by atoms with E-state index < -0.39 is 0 Å². The summed E-state index contributed by atoms with van der Waals surface area (Å²) in [4.78, 5) is 0. The molecule has 0 aromatic carbocycles. The highest BCUT2D eigenvalue weighted by Gasteiger charge is 1.96. The van der Waals surface area contributed by atoms with Crippen molar-refractivity contribution in [1.29, 1.82) is 0 Å². The second-order valence-electron chi connectivity index (χ2n) is 7.89. The van der Waals surface area contributed by atoms with Crippen LogP contribution in [-0.2, 0) is 0 Å². The van der Waals surface area contributed by atoms with Crippen molar-refractivity contribution in [2.75, 3.05) is 6.54 Å². The number of unbranched alkanes of at least 4 members (excludes halogenated alkanes) is 12. The van der Waals surface area contributed by atoms with Crippen LogP contribution in [0.15, 0.2) is 0 Å². The number of nitrogens with one attached hydrogen (secondary N) is 1. The van der Waals surface area contributed by atoms with Crippen molar-refractivity contribution in [3.63, 3.8) is 0 Å². The van der Waals surface area contributed by atoms with Crippen LogP contribution in [0.3, 0.4) is 0 Å². The van der Waals surface area contributed by atoms with E-state index in [9.17, 15) is 0 Å². The Hall–Kier alpha value is -0.0400. The van der Waals surface area contributed by atoms with E-state index in [0.29, 0.717) is 6.04 Å². The van der Waals surface area contributed by atoms with E-state index in [4.69, 9.17) is 0 Å². The molecule has 134 valence electrons. The van der Waals surface area contributed by atoms with E-state index in [1.807, 2.05) is 0 Å². The Morgan fingerprint density at radius 3 is 1.23 bits per heavy atom. The summed E-state index contributed by atoms with van der Waals surface area (Å²) in [6.07, 6.45) is 20.3. The van der Waals surface area contributed by atoms with Crippen molar-refractivity contribution in [2.24, 2.45) is 5.92 Å². The average Bonchev–Trinajstić information content (AvgIpc) is 2.46. The lowest BCUT2D eigenvalue weighted by atomic mass is 10.0. The van der Waals surface area contributed by atoms with Crippen LogP contribution in [0.25, 0.3) is 0 Å². The van der Waals surface area contributed by atoms with Crippen LogP contribution in [-0.4, -0.2) is 12.6 Å². The van der Waals surface area contributed by atoms with Crippen LogP contribution >= 0.6 is 0 Å². The fraction of sp³-hybridized carbons (Fsp3) is 1.00. The van der Waals surface area contributed by atoms with Crippen LogP contribution in [0.5, 0.6) is 0 Å². The monoisotopic (exact) mass is 311 g/mol. The number of hydrogen-bond acceptors (Lipinski definition) is 1. The molecule has 0 aliphatic carbocycles. The Morgan fingerprint density at radius 2 is 0.864 bits per heavy atom. The summed E-state index contributed by atoms with van der Waals surface area (Å²) >= 11 is 0. The lowest BCUT2D eigenvalue weighted by molar-refractivity contribution is 0.500. The van der Waals surface area contributed by atoms with E-state index in [1.165, 1.54) is 96.4 Å². The van der Waals surface area contributed by atoms with Gasteiger partial charge in [0.2, 0.25) is 0 Å². The molecule has 0 atom stereocenters. The summed E-state index contributed by atoms with van der Waals surface area (Å²) in [6, 6.07) is 0.648. The highest BCUT2D eigenvalue weighted by atomic mass is 14.9. The van der Waals surface area contributed by atoms with E-state index >= 15 is 0 Å². The minimum absolute atomic E-state index is 0.648. The molecule has 1 nitrogen and oxygen atoms in total. The molecule has 0 saturated heterocycles. The summed E-state index contributed by atoms with van der Waals surface area (Å²) in [7, 11) is 0. The molecule has 0 saturated carbocycles. The molecule has 0 unspecified atom stereocenters. The van der Waals surface area contributed by atoms with E-state index in [1.54, 1.807) is 0 Å². The van der Waals surface area contributed by atoms with Gasteiger partial charge in [-0.05, 0) is 18.9 Å². The predicted octanol–water partition coefficient (Wildman–Crippen LogP) is 7.10. The molecule has 0 aromatic rings. The largest absolute Gasteiger partial charge is 0.315 e. The van der Waals surface area contributed by atoms with Crippen LogP contribution in [0.1, 0.15) is 118 Å². The smallest absolute Gasteiger partial charge is 0.00103 e. The van der Waals surface area contributed by atoms with Gasteiger partial charge in [-0.2, -0.15) is 0 Å². The van der Waals surface area contributed by atoms with Crippen LogP contribution in [0.4, 0.5) is 0 Å². The fourth-order valence-electron chi connectivity index (χ4n) is 3.01. The first-order chi connectivity index (χ1) is 10.6. The van der Waals surface area contributed by atoms with E-state index in [2.05, 4.69) is 33.0 Å². The van der Waals surface area contributed by atoms with Crippen LogP contribution < -0.4 is 5.32 Å². The molecule has 0 spiro atoms. The molecule has 22 heavy (non-hydrogen) atoms. The maximum Gasteiger partial charge on any atom is 0.00103 e. The van der Waals surface area contributed by atoms with Gasteiger partial charge in [0.1, 0.15) is 0 Å². The van der Waals surface area contributed by atoms with Gasteiger partial charge >= 0.3 is 0 Å². The molecule has 0 heterocycles. The summed E-state index contributed by atoms with van der Waals surface area (Å²) in [5.41, 5.74) is 0. The maximum atomic E-state index is 3.49. The summed E-state index contributed by atoms with van der Waals surface area (Å²) in [5, 5.41) is 3.49.